The van der Waals surface area contributed by atoms with Crippen LogP contribution in [0.3, 0.4) is 0 Å². The highest BCUT2D eigenvalue weighted by atomic mass is 32.2. The molecule has 0 atom stereocenters. The Balaban J connectivity index is 1.98. The second-order valence-electron chi connectivity index (χ2n) is 4.57. The first-order chi connectivity index (χ1) is 8.81. The van der Waals surface area contributed by atoms with Gasteiger partial charge in [0.1, 0.15) is 10.8 Å². The predicted molar refractivity (Wildman–Crippen MR) is 80.7 cm³/mol. The van der Waals surface area contributed by atoms with Gasteiger partial charge in [0.25, 0.3) is 0 Å². The van der Waals surface area contributed by atoms with Gasteiger partial charge in [0.15, 0.2) is 5.16 Å². The van der Waals surface area contributed by atoms with Crippen LogP contribution in [0.2, 0.25) is 0 Å². The Morgan fingerprint density at radius 1 is 1.33 bits per heavy atom. The van der Waals surface area contributed by atoms with E-state index in [0.29, 0.717) is 0 Å². The summed E-state index contributed by atoms with van der Waals surface area (Å²) < 4.78 is 0. The number of anilines is 1. The SMILES string of the molecule is CCNc1cc(SCC2CCCC2)nc(SC)n1. The number of hydrogen-bond donors (Lipinski definition) is 1. The Labute approximate surface area is 118 Å². The van der Waals surface area contributed by atoms with Gasteiger partial charge >= 0.3 is 0 Å². The summed E-state index contributed by atoms with van der Waals surface area (Å²) in [6, 6.07) is 2.07. The third-order valence-electron chi connectivity index (χ3n) is 3.16. The second-order valence-corrected chi connectivity index (χ2v) is 6.38. The number of hydrogen-bond acceptors (Lipinski definition) is 5. The molecule has 1 aromatic heterocycles. The summed E-state index contributed by atoms with van der Waals surface area (Å²) in [7, 11) is 0. The smallest absolute Gasteiger partial charge is 0.190 e. The summed E-state index contributed by atoms with van der Waals surface area (Å²) in [4.78, 5) is 9.02. The molecule has 0 radical (unpaired) electrons. The minimum Gasteiger partial charge on any atom is -0.370 e. The molecule has 18 heavy (non-hydrogen) atoms. The molecule has 0 aliphatic heterocycles. The number of nitrogens with one attached hydrogen (secondary N) is 1. The molecule has 0 bridgehead atoms. The van der Waals surface area contributed by atoms with Crippen LogP contribution in [0, 0.1) is 5.92 Å². The van der Waals surface area contributed by atoms with Gasteiger partial charge in [-0.2, -0.15) is 0 Å². The van der Waals surface area contributed by atoms with Crippen molar-refractivity contribution in [2.45, 2.75) is 42.8 Å². The monoisotopic (exact) mass is 283 g/mol. The quantitative estimate of drug-likeness (QED) is 0.487. The molecule has 3 nitrogen and oxygen atoms in total. The van der Waals surface area contributed by atoms with Gasteiger partial charge in [0, 0.05) is 18.4 Å². The standard InChI is InChI=1S/C13H21N3S2/c1-3-14-11-8-12(16-13(15-11)17-2)18-9-10-6-4-5-7-10/h8,10H,3-7,9H2,1-2H3,(H,14,15,16). The molecule has 0 unspecified atom stereocenters. The van der Waals surface area contributed by atoms with Gasteiger partial charge in [-0.05, 0) is 31.9 Å². The lowest BCUT2D eigenvalue weighted by Crippen LogP contribution is -2.03. The third-order valence-corrected chi connectivity index (χ3v) is 4.85. The molecule has 1 fully saturated rings. The summed E-state index contributed by atoms with van der Waals surface area (Å²) in [5.41, 5.74) is 0. The molecule has 0 aromatic carbocycles. The van der Waals surface area contributed by atoms with Crippen molar-refractivity contribution in [3.8, 4) is 0 Å². The van der Waals surface area contributed by atoms with Crippen LogP contribution in [0.4, 0.5) is 5.82 Å². The Hall–Kier alpha value is -0.420. The fourth-order valence-corrected chi connectivity index (χ4v) is 3.74. The minimum atomic E-state index is 0.863. The van der Waals surface area contributed by atoms with Crippen LogP contribution in [0.5, 0.6) is 0 Å². The van der Waals surface area contributed by atoms with Crippen molar-refractivity contribution >= 4 is 29.3 Å². The van der Waals surface area contributed by atoms with Crippen molar-refractivity contribution in [1.29, 1.82) is 0 Å². The maximum absolute atomic E-state index is 4.57. The molecule has 2 rings (SSSR count). The van der Waals surface area contributed by atoms with Crippen LogP contribution >= 0.6 is 23.5 Å². The average molecular weight is 283 g/mol. The second kappa shape index (κ2) is 7.24. The maximum atomic E-state index is 4.57. The largest absolute Gasteiger partial charge is 0.370 e. The van der Waals surface area contributed by atoms with Crippen LogP contribution in [0.1, 0.15) is 32.6 Å². The van der Waals surface area contributed by atoms with E-state index >= 15 is 0 Å². The van der Waals surface area contributed by atoms with Crippen LogP contribution in [-0.4, -0.2) is 28.5 Å². The first-order valence-electron chi connectivity index (χ1n) is 6.61. The number of nitrogens with zero attached hydrogens (tertiary/aromatic N) is 2. The summed E-state index contributed by atoms with van der Waals surface area (Å²) in [5, 5.41) is 5.24. The van der Waals surface area contributed by atoms with E-state index in [2.05, 4.69) is 28.3 Å². The van der Waals surface area contributed by atoms with Crippen molar-refractivity contribution in [3.63, 3.8) is 0 Å². The molecule has 1 N–H and O–H groups in total. The van der Waals surface area contributed by atoms with E-state index in [1.807, 2.05) is 18.0 Å². The van der Waals surface area contributed by atoms with Crippen LogP contribution in [0.15, 0.2) is 16.2 Å². The van der Waals surface area contributed by atoms with Crippen molar-refractivity contribution in [2.24, 2.45) is 5.92 Å². The van der Waals surface area contributed by atoms with Gasteiger partial charge in [-0.25, -0.2) is 9.97 Å². The summed E-state index contributed by atoms with van der Waals surface area (Å²) in [6.07, 6.45) is 7.64. The van der Waals surface area contributed by atoms with Gasteiger partial charge in [-0.1, -0.05) is 24.6 Å². The minimum absolute atomic E-state index is 0.863. The lowest BCUT2D eigenvalue weighted by atomic mass is 10.1. The normalized spacial score (nSPS) is 16.1. The first-order valence-corrected chi connectivity index (χ1v) is 8.82. The van der Waals surface area contributed by atoms with Crippen molar-refractivity contribution < 1.29 is 0 Å². The molecule has 0 amide bonds. The lowest BCUT2D eigenvalue weighted by Gasteiger charge is -2.10. The van der Waals surface area contributed by atoms with Gasteiger partial charge in [0.2, 0.25) is 0 Å². The zero-order chi connectivity index (χ0) is 12.8. The summed E-state index contributed by atoms with van der Waals surface area (Å²) >= 11 is 3.49. The first kappa shape index (κ1) is 14.0. The van der Waals surface area contributed by atoms with E-state index in [4.69, 9.17) is 0 Å². The van der Waals surface area contributed by atoms with Crippen molar-refractivity contribution in [3.05, 3.63) is 6.07 Å². The van der Waals surface area contributed by atoms with Crippen LogP contribution in [-0.2, 0) is 0 Å². The highest BCUT2D eigenvalue weighted by molar-refractivity contribution is 7.99. The average Bonchev–Trinajstić information content (AvgIpc) is 2.89. The zero-order valence-corrected chi connectivity index (χ0v) is 12.7. The highest BCUT2D eigenvalue weighted by Crippen LogP contribution is 2.31. The zero-order valence-electron chi connectivity index (χ0n) is 11.1. The Morgan fingerprint density at radius 2 is 2.11 bits per heavy atom. The summed E-state index contributed by atoms with van der Waals surface area (Å²) in [5.74, 6) is 3.05. The molecule has 1 saturated carbocycles. The van der Waals surface area contributed by atoms with Crippen molar-refractivity contribution in [1.82, 2.24) is 9.97 Å². The van der Waals surface area contributed by atoms with Gasteiger partial charge in [-0.3, -0.25) is 0 Å². The van der Waals surface area contributed by atoms with E-state index < -0.39 is 0 Å². The van der Waals surface area contributed by atoms with Crippen LogP contribution < -0.4 is 5.32 Å². The number of thioether (sulfide) groups is 2. The van der Waals surface area contributed by atoms with E-state index in [1.165, 1.54) is 31.4 Å². The molecule has 100 valence electrons. The molecular weight excluding hydrogens is 262 g/mol. The Morgan fingerprint density at radius 3 is 2.78 bits per heavy atom. The molecule has 1 heterocycles. The Kier molecular flexibility index (Phi) is 5.63. The van der Waals surface area contributed by atoms with Gasteiger partial charge < -0.3 is 5.32 Å². The lowest BCUT2D eigenvalue weighted by molar-refractivity contribution is 0.622. The van der Waals surface area contributed by atoms with E-state index in [0.717, 1.165) is 28.5 Å². The van der Waals surface area contributed by atoms with Gasteiger partial charge in [0.05, 0.1) is 0 Å². The molecule has 5 heteroatoms. The topological polar surface area (TPSA) is 37.8 Å². The van der Waals surface area contributed by atoms with Crippen LogP contribution in [0.25, 0.3) is 0 Å². The highest BCUT2D eigenvalue weighted by Gasteiger charge is 2.15. The fourth-order valence-electron chi connectivity index (χ4n) is 2.22. The maximum Gasteiger partial charge on any atom is 0.190 e. The molecule has 0 spiro atoms. The van der Waals surface area contributed by atoms with Gasteiger partial charge in [-0.15, -0.1) is 11.8 Å². The number of rotatable bonds is 6. The van der Waals surface area contributed by atoms with E-state index in [9.17, 15) is 0 Å². The molecular formula is C13H21N3S2. The van der Waals surface area contributed by atoms with E-state index in [1.54, 1.807) is 11.8 Å². The predicted octanol–water partition coefficient (Wildman–Crippen LogP) is 3.91. The van der Waals surface area contributed by atoms with E-state index in [-0.39, 0.29) is 0 Å². The third kappa shape index (κ3) is 4.05. The number of aromatic nitrogens is 2. The molecule has 1 aromatic rings. The Bertz CT molecular complexity index is 378. The molecule has 0 saturated heterocycles. The summed E-state index contributed by atoms with van der Waals surface area (Å²) in [6.45, 7) is 2.99. The van der Waals surface area contributed by atoms with Crippen molar-refractivity contribution in [2.75, 3.05) is 23.9 Å². The molecule has 1 aliphatic rings. The fraction of sp³-hybridized carbons (Fsp3) is 0.692. The molecule has 1 aliphatic carbocycles.